The number of nitrogens with two attached hydrogens (primary N) is 1. The fourth-order valence-corrected chi connectivity index (χ4v) is 2.79. The van der Waals surface area contributed by atoms with E-state index in [1.807, 2.05) is 20.8 Å². The number of thiazole rings is 1. The fraction of sp³-hybridized carbons (Fsp3) is 0.308. The number of rotatable bonds is 3. The van der Waals surface area contributed by atoms with E-state index in [0.29, 0.717) is 11.5 Å². The van der Waals surface area contributed by atoms with Gasteiger partial charge < -0.3 is 11.1 Å². The minimum atomic E-state index is -0.231. The van der Waals surface area contributed by atoms with Crippen molar-refractivity contribution in [3.05, 3.63) is 39.5 Å². The van der Waals surface area contributed by atoms with E-state index in [1.165, 1.54) is 0 Å². The second-order valence-electron chi connectivity index (χ2n) is 4.33. The predicted octanol–water partition coefficient (Wildman–Crippen LogP) is 2.23. The summed E-state index contributed by atoms with van der Waals surface area (Å²) in [7, 11) is 0. The second-order valence-corrected chi connectivity index (χ2v) is 5.56. The average Bonchev–Trinajstić information content (AvgIpc) is 2.68. The molecule has 0 spiro atoms. The van der Waals surface area contributed by atoms with E-state index in [2.05, 4.69) is 15.3 Å². The van der Waals surface area contributed by atoms with Crippen LogP contribution in [0.1, 0.15) is 39.0 Å². The van der Waals surface area contributed by atoms with Crippen LogP contribution >= 0.6 is 11.3 Å². The number of hydrogen-bond donors (Lipinski definition) is 2. The molecule has 0 aromatic carbocycles. The molecule has 1 unspecified atom stereocenters. The molecular formula is C13H16N4OS. The predicted molar refractivity (Wildman–Crippen MR) is 76.1 cm³/mol. The Hall–Kier alpha value is -1.95. The van der Waals surface area contributed by atoms with E-state index in [1.54, 1.807) is 29.5 Å². The monoisotopic (exact) mass is 276 g/mol. The van der Waals surface area contributed by atoms with Gasteiger partial charge in [0.1, 0.15) is 11.5 Å². The lowest BCUT2D eigenvalue weighted by Gasteiger charge is -2.12. The summed E-state index contributed by atoms with van der Waals surface area (Å²) in [6, 6.07) is 4.91. The summed E-state index contributed by atoms with van der Waals surface area (Å²) in [5, 5.41) is 3.90. The highest BCUT2D eigenvalue weighted by molar-refractivity contribution is 7.11. The molecule has 0 aliphatic heterocycles. The topological polar surface area (TPSA) is 80.9 Å². The van der Waals surface area contributed by atoms with Crippen LogP contribution in [-0.4, -0.2) is 15.9 Å². The van der Waals surface area contributed by atoms with E-state index < -0.39 is 0 Å². The molecular weight excluding hydrogens is 260 g/mol. The number of carbonyl (C=O) groups is 1. The van der Waals surface area contributed by atoms with Gasteiger partial charge in [-0.05, 0) is 32.9 Å². The number of nitrogens with zero attached hydrogens (tertiary/aromatic N) is 2. The minimum absolute atomic E-state index is 0.0954. The van der Waals surface area contributed by atoms with Crippen molar-refractivity contribution < 1.29 is 4.79 Å². The fourth-order valence-electron chi connectivity index (χ4n) is 1.86. The summed E-state index contributed by atoms with van der Waals surface area (Å²) in [5.74, 6) is 0.107. The first-order valence-corrected chi connectivity index (χ1v) is 6.76. The quantitative estimate of drug-likeness (QED) is 0.900. The van der Waals surface area contributed by atoms with Gasteiger partial charge >= 0.3 is 0 Å². The van der Waals surface area contributed by atoms with Crippen LogP contribution in [0.3, 0.4) is 0 Å². The first-order valence-electron chi connectivity index (χ1n) is 5.94. The first-order chi connectivity index (χ1) is 8.97. The van der Waals surface area contributed by atoms with Crippen LogP contribution in [0.25, 0.3) is 0 Å². The minimum Gasteiger partial charge on any atom is -0.384 e. The summed E-state index contributed by atoms with van der Waals surface area (Å²) >= 11 is 1.59. The lowest BCUT2D eigenvalue weighted by atomic mass is 10.2. The SMILES string of the molecule is Cc1nc(C)c(C(C)NC(=O)c2cccc(N)n2)s1. The molecule has 19 heavy (non-hydrogen) atoms. The van der Waals surface area contributed by atoms with Gasteiger partial charge in [0, 0.05) is 4.88 Å². The van der Waals surface area contributed by atoms with Crippen LogP contribution in [0.2, 0.25) is 0 Å². The Balaban J connectivity index is 2.13. The Morgan fingerprint density at radius 2 is 2.11 bits per heavy atom. The van der Waals surface area contributed by atoms with E-state index in [9.17, 15) is 4.79 Å². The van der Waals surface area contributed by atoms with Gasteiger partial charge in [-0.1, -0.05) is 6.07 Å². The molecule has 0 radical (unpaired) electrons. The highest BCUT2D eigenvalue weighted by Crippen LogP contribution is 2.24. The van der Waals surface area contributed by atoms with Crippen molar-refractivity contribution in [3.63, 3.8) is 0 Å². The molecule has 6 heteroatoms. The maximum Gasteiger partial charge on any atom is 0.270 e. The third-order valence-corrected chi connectivity index (χ3v) is 3.94. The number of amides is 1. The Kier molecular flexibility index (Phi) is 3.80. The molecule has 0 aliphatic carbocycles. The van der Waals surface area contributed by atoms with E-state index in [-0.39, 0.29) is 11.9 Å². The third kappa shape index (κ3) is 3.08. The summed E-state index contributed by atoms with van der Waals surface area (Å²) < 4.78 is 0. The number of nitrogens with one attached hydrogen (secondary N) is 1. The maximum absolute atomic E-state index is 12.1. The highest BCUT2D eigenvalue weighted by Gasteiger charge is 2.16. The van der Waals surface area contributed by atoms with Gasteiger partial charge in [-0.2, -0.15) is 0 Å². The van der Waals surface area contributed by atoms with Gasteiger partial charge in [-0.3, -0.25) is 4.79 Å². The number of carbonyl (C=O) groups excluding carboxylic acids is 1. The van der Waals surface area contributed by atoms with Crippen LogP contribution < -0.4 is 11.1 Å². The number of aryl methyl sites for hydroxylation is 2. The normalized spacial score (nSPS) is 12.2. The van der Waals surface area contributed by atoms with Crippen LogP contribution in [0.15, 0.2) is 18.2 Å². The Labute approximate surface area is 115 Å². The lowest BCUT2D eigenvalue weighted by Crippen LogP contribution is -2.27. The van der Waals surface area contributed by atoms with Crippen molar-refractivity contribution >= 4 is 23.1 Å². The number of aromatic nitrogens is 2. The molecule has 1 atom stereocenters. The van der Waals surface area contributed by atoms with Crippen molar-refractivity contribution in [2.24, 2.45) is 0 Å². The average molecular weight is 276 g/mol. The summed E-state index contributed by atoms with van der Waals surface area (Å²) in [5.41, 5.74) is 6.85. The number of nitrogen functional groups attached to an aromatic ring is 1. The molecule has 0 saturated carbocycles. The van der Waals surface area contributed by atoms with E-state index in [4.69, 9.17) is 5.73 Å². The van der Waals surface area contributed by atoms with E-state index >= 15 is 0 Å². The van der Waals surface area contributed by atoms with Gasteiger partial charge in [0.15, 0.2) is 0 Å². The molecule has 0 bridgehead atoms. The summed E-state index contributed by atoms with van der Waals surface area (Å²) in [6.07, 6.45) is 0. The molecule has 2 rings (SSSR count). The van der Waals surface area contributed by atoms with Crippen LogP contribution in [0.5, 0.6) is 0 Å². The van der Waals surface area contributed by atoms with Gasteiger partial charge in [-0.15, -0.1) is 11.3 Å². The maximum atomic E-state index is 12.1. The molecule has 2 heterocycles. The molecule has 2 aromatic heterocycles. The van der Waals surface area contributed by atoms with Crippen molar-refractivity contribution in [3.8, 4) is 0 Å². The van der Waals surface area contributed by atoms with Crippen LogP contribution in [0.4, 0.5) is 5.82 Å². The largest absolute Gasteiger partial charge is 0.384 e. The highest BCUT2D eigenvalue weighted by atomic mass is 32.1. The third-order valence-electron chi connectivity index (χ3n) is 2.68. The lowest BCUT2D eigenvalue weighted by molar-refractivity contribution is 0.0935. The zero-order chi connectivity index (χ0) is 14.0. The molecule has 3 N–H and O–H groups in total. The summed E-state index contributed by atoms with van der Waals surface area (Å²) in [6.45, 7) is 5.83. The number of hydrogen-bond acceptors (Lipinski definition) is 5. The standard InChI is InChI=1S/C13H16N4OS/c1-7-12(19-9(3)15-7)8(2)16-13(18)10-5-4-6-11(14)17-10/h4-6,8H,1-3H3,(H2,14,17)(H,16,18). The smallest absolute Gasteiger partial charge is 0.270 e. The zero-order valence-electron chi connectivity index (χ0n) is 11.1. The van der Waals surface area contributed by atoms with Crippen molar-refractivity contribution in [1.29, 1.82) is 0 Å². The second kappa shape index (κ2) is 5.36. The zero-order valence-corrected chi connectivity index (χ0v) is 11.9. The van der Waals surface area contributed by atoms with E-state index in [0.717, 1.165) is 15.6 Å². The van der Waals surface area contributed by atoms with Crippen LogP contribution in [0, 0.1) is 13.8 Å². The summed E-state index contributed by atoms with van der Waals surface area (Å²) in [4.78, 5) is 21.5. The first kappa shape index (κ1) is 13.5. The van der Waals surface area contributed by atoms with Crippen molar-refractivity contribution in [1.82, 2.24) is 15.3 Å². The molecule has 0 aliphatic rings. The van der Waals surface area contributed by atoms with Crippen molar-refractivity contribution in [2.45, 2.75) is 26.8 Å². The van der Waals surface area contributed by atoms with Crippen LogP contribution in [-0.2, 0) is 0 Å². The van der Waals surface area contributed by atoms with Gasteiger partial charge in [0.05, 0.1) is 16.7 Å². The number of pyridine rings is 1. The van der Waals surface area contributed by atoms with Crippen molar-refractivity contribution in [2.75, 3.05) is 5.73 Å². The van der Waals surface area contributed by atoms with Gasteiger partial charge in [0.2, 0.25) is 0 Å². The molecule has 0 saturated heterocycles. The number of anilines is 1. The molecule has 0 fully saturated rings. The van der Waals surface area contributed by atoms with Gasteiger partial charge in [0.25, 0.3) is 5.91 Å². The molecule has 2 aromatic rings. The Morgan fingerprint density at radius 1 is 1.37 bits per heavy atom. The molecule has 100 valence electrons. The molecule has 5 nitrogen and oxygen atoms in total. The van der Waals surface area contributed by atoms with Gasteiger partial charge in [-0.25, -0.2) is 9.97 Å². The Morgan fingerprint density at radius 3 is 2.68 bits per heavy atom. The Bertz CT molecular complexity index is 608. The molecule has 1 amide bonds.